The summed E-state index contributed by atoms with van der Waals surface area (Å²) >= 11 is 0. The maximum Gasteiger partial charge on any atom is 0.0196 e. The second-order valence-corrected chi connectivity index (χ2v) is 3.79. The maximum absolute atomic E-state index is 3.83. The molecule has 0 radical (unpaired) electrons. The number of hydrogen-bond acceptors (Lipinski definition) is 0. The highest BCUT2D eigenvalue weighted by atomic mass is 14.1. The summed E-state index contributed by atoms with van der Waals surface area (Å²) in [6.07, 6.45) is 3.87. The van der Waals surface area contributed by atoms with E-state index in [2.05, 4.69) is 46.1 Å². The molecular formula is C14H18. The van der Waals surface area contributed by atoms with Gasteiger partial charge < -0.3 is 0 Å². The predicted octanol–water partition coefficient (Wildman–Crippen LogP) is 4.07. The average Bonchev–Trinajstić information content (AvgIpc) is 2.15. The lowest BCUT2D eigenvalue weighted by Gasteiger charge is -2.14. The molecule has 0 nitrogen and oxygen atoms in total. The summed E-state index contributed by atoms with van der Waals surface area (Å²) in [7, 11) is 0. The molecule has 0 heterocycles. The summed E-state index contributed by atoms with van der Waals surface area (Å²) in [6, 6.07) is 4.46. The molecule has 0 heteroatoms. The second kappa shape index (κ2) is 4.28. The van der Waals surface area contributed by atoms with Crippen molar-refractivity contribution >= 4 is 0 Å². The third kappa shape index (κ3) is 1.95. The zero-order chi connectivity index (χ0) is 10.7. The predicted molar refractivity (Wildman–Crippen MR) is 63.8 cm³/mol. The molecule has 0 atom stereocenters. The van der Waals surface area contributed by atoms with Crippen LogP contribution in [-0.4, -0.2) is 0 Å². The third-order valence-corrected chi connectivity index (χ3v) is 2.75. The fourth-order valence-electron chi connectivity index (χ4n) is 1.69. The summed E-state index contributed by atoms with van der Waals surface area (Å²) < 4.78 is 0. The van der Waals surface area contributed by atoms with Crippen molar-refractivity contribution in [2.75, 3.05) is 0 Å². The van der Waals surface area contributed by atoms with E-state index in [4.69, 9.17) is 0 Å². The van der Waals surface area contributed by atoms with Gasteiger partial charge in [-0.1, -0.05) is 24.3 Å². The summed E-state index contributed by atoms with van der Waals surface area (Å²) in [4.78, 5) is 0. The zero-order valence-corrected chi connectivity index (χ0v) is 9.30. The highest BCUT2D eigenvalue weighted by Gasteiger charge is 2.07. The molecule has 0 spiro atoms. The first-order valence-electron chi connectivity index (χ1n) is 4.93. The van der Waals surface area contributed by atoms with Crippen molar-refractivity contribution in [3.8, 4) is 0 Å². The van der Waals surface area contributed by atoms with Crippen LogP contribution in [0.2, 0.25) is 0 Å². The van der Waals surface area contributed by atoms with Crippen molar-refractivity contribution in [3.63, 3.8) is 0 Å². The van der Waals surface area contributed by atoms with Gasteiger partial charge in [0.1, 0.15) is 0 Å². The normalized spacial score (nSPS) is 10.3. The second-order valence-electron chi connectivity index (χ2n) is 3.79. The Hall–Kier alpha value is -1.30. The SMILES string of the molecule is C=CC(C=C)c1cc(C)c(C)cc1C. The minimum Gasteiger partial charge on any atom is -0.102 e. The number of benzene rings is 1. The standard InChI is InChI=1S/C14H18/c1-6-13(7-2)14-9-11(4)10(3)8-12(14)5/h6-9,13H,1-2H2,3-5H3. The molecule has 0 saturated carbocycles. The highest BCUT2D eigenvalue weighted by molar-refractivity contribution is 5.41. The van der Waals surface area contributed by atoms with Crippen LogP contribution in [0, 0.1) is 20.8 Å². The molecule has 0 fully saturated rings. The van der Waals surface area contributed by atoms with Gasteiger partial charge in [0.2, 0.25) is 0 Å². The first-order chi connectivity index (χ1) is 6.60. The van der Waals surface area contributed by atoms with E-state index >= 15 is 0 Å². The lowest BCUT2D eigenvalue weighted by atomic mass is 9.91. The number of rotatable bonds is 3. The van der Waals surface area contributed by atoms with Crippen LogP contribution in [-0.2, 0) is 0 Å². The van der Waals surface area contributed by atoms with Crippen molar-refractivity contribution in [2.45, 2.75) is 26.7 Å². The minimum absolute atomic E-state index is 0.272. The average molecular weight is 186 g/mol. The van der Waals surface area contributed by atoms with Crippen LogP contribution in [0.15, 0.2) is 37.4 Å². The topological polar surface area (TPSA) is 0 Å². The van der Waals surface area contributed by atoms with E-state index in [0.29, 0.717) is 0 Å². The number of hydrogen-bond donors (Lipinski definition) is 0. The van der Waals surface area contributed by atoms with Crippen molar-refractivity contribution < 1.29 is 0 Å². The van der Waals surface area contributed by atoms with Gasteiger partial charge in [-0.05, 0) is 43.0 Å². The summed E-state index contributed by atoms with van der Waals surface area (Å²) in [5.41, 5.74) is 5.31. The first kappa shape index (κ1) is 10.8. The molecule has 0 N–H and O–H groups in total. The van der Waals surface area contributed by atoms with E-state index < -0.39 is 0 Å². The van der Waals surface area contributed by atoms with Gasteiger partial charge in [-0.2, -0.15) is 0 Å². The van der Waals surface area contributed by atoms with Crippen molar-refractivity contribution in [1.82, 2.24) is 0 Å². The van der Waals surface area contributed by atoms with Gasteiger partial charge in [0.25, 0.3) is 0 Å². The molecule has 14 heavy (non-hydrogen) atoms. The molecule has 0 saturated heterocycles. The lowest BCUT2D eigenvalue weighted by molar-refractivity contribution is 1.05. The van der Waals surface area contributed by atoms with E-state index in [1.54, 1.807) is 0 Å². The lowest BCUT2D eigenvalue weighted by Crippen LogP contribution is -1.96. The largest absolute Gasteiger partial charge is 0.102 e. The van der Waals surface area contributed by atoms with Gasteiger partial charge in [-0.25, -0.2) is 0 Å². The van der Waals surface area contributed by atoms with Crippen LogP contribution in [0.1, 0.15) is 28.2 Å². The Morgan fingerprint density at radius 3 is 1.93 bits per heavy atom. The van der Waals surface area contributed by atoms with Crippen LogP contribution in [0.4, 0.5) is 0 Å². The molecule has 0 aliphatic heterocycles. The Kier molecular flexibility index (Phi) is 3.29. The fraction of sp³-hybridized carbons (Fsp3) is 0.286. The number of aryl methyl sites for hydroxylation is 3. The minimum atomic E-state index is 0.272. The molecule has 0 amide bonds. The Morgan fingerprint density at radius 1 is 0.929 bits per heavy atom. The van der Waals surface area contributed by atoms with Crippen molar-refractivity contribution in [3.05, 3.63) is 59.7 Å². The van der Waals surface area contributed by atoms with E-state index in [-0.39, 0.29) is 5.92 Å². The smallest absolute Gasteiger partial charge is 0.0196 e. The Balaban J connectivity index is 3.27. The van der Waals surface area contributed by atoms with Gasteiger partial charge in [0, 0.05) is 5.92 Å². The van der Waals surface area contributed by atoms with E-state index in [9.17, 15) is 0 Å². The zero-order valence-electron chi connectivity index (χ0n) is 9.30. The third-order valence-electron chi connectivity index (χ3n) is 2.75. The van der Waals surface area contributed by atoms with Crippen LogP contribution in [0.5, 0.6) is 0 Å². The van der Waals surface area contributed by atoms with Gasteiger partial charge >= 0.3 is 0 Å². The van der Waals surface area contributed by atoms with Crippen LogP contribution in [0.3, 0.4) is 0 Å². The Bertz CT molecular complexity index is 351. The Labute approximate surface area is 87.0 Å². The molecule has 1 rings (SSSR count). The first-order valence-corrected chi connectivity index (χ1v) is 4.93. The quantitative estimate of drug-likeness (QED) is 0.624. The van der Waals surface area contributed by atoms with Crippen molar-refractivity contribution in [1.29, 1.82) is 0 Å². The van der Waals surface area contributed by atoms with Crippen LogP contribution < -0.4 is 0 Å². The molecule has 0 unspecified atom stereocenters. The number of allylic oxidation sites excluding steroid dienone is 2. The van der Waals surface area contributed by atoms with E-state index in [1.807, 2.05) is 12.2 Å². The molecule has 1 aromatic carbocycles. The molecule has 0 aliphatic rings. The van der Waals surface area contributed by atoms with Gasteiger partial charge in [0.15, 0.2) is 0 Å². The molecule has 0 bridgehead atoms. The Morgan fingerprint density at radius 2 is 1.43 bits per heavy atom. The van der Waals surface area contributed by atoms with Crippen LogP contribution >= 0.6 is 0 Å². The van der Waals surface area contributed by atoms with Gasteiger partial charge in [-0.3, -0.25) is 0 Å². The van der Waals surface area contributed by atoms with E-state index in [0.717, 1.165) is 0 Å². The summed E-state index contributed by atoms with van der Waals surface area (Å²) in [5.74, 6) is 0.272. The van der Waals surface area contributed by atoms with Gasteiger partial charge in [-0.15, -0.1) is 13.2 Å². The highest BCUT2D eigenvalue weighted by Crippen LogP contribution is 2.24. The van der Waals surface area contributed by atoms with Crippen molar-refractivity contribution in [2.24, 2.45) is 0 Å². The molecule has 1 aromatic rings. The maximum atomic E-state index is 3.83. The summed E-state index contributed by atoms with van der Waals surface area (Å²) in [5, 5.41) is 0. The molecule has 0 aromatic heterocycles. The van der Waals surface area contributed by atoms with E-state index in [1.165, 1.54) is 22.3 Å². The monoisotopic (exact) mass is 186 g/mol. The molecule has 0 aliphatic carbocycles. The van der Waals surface area contributed by atoms with Gasteiger partial charge in [0.05, 0.1) is 0 Å². The fourth-order valence-corrected chi connectivity index (χ4v) is 1.69. The summed E-state index contributed by atoms with van der Waals surface area (Å²) in [6.45, 7) is 14.1. The van der Waals surface area contributed by atoms with Crippen LogP contribution in [0.25, 0.3) is 0 Å². The molecule has 74 valence electrons. The molecular weight excluding hydrogens is 168 g/mol.